The Morgan fingerprint density at radius 1 is 1.38 bits per heavy atom. The minimum atomic E-state index is 0.961. The molecule has 0 atom stereocenters. The minimum absolute atomic E-state index is 0.961. The largest absolute Gasteiger partial charge is 0.160 e. The molecule has 8 heavy (non-hydrogen) atoms. The van der Waals surface area contributed by atoms with E-state index in [0.717, 1.165) is 23.2 Å². The standard InChI is InChI=1S/C5H7BrN2/c1-4-2-3-5(6)8-7-4/h2-3H2,1H3. The van der Waals surface area contributed by atoms with Crippen LogP contribution in [0.15, 0.2) is 10.2 Å². The molecule has 1 heterocycles. The molecule has 0 spiro atoms. The van der Waals surface area contributed by atoms with Crippen molar-refractivity contribution in [2.45, 2.75) is 19.8 Å². The van der Waals surface area contributed by atoms with E-state index < -0.39 is 0 Å². The summed E-state index contributed by atoms with van der Waals surface area (Å²) >= 11 is 3.26. The van der Waals surface area contributed by atoms with E-state index in [1.165, 1.54) is 0 Å². The van der Waals surface area contributed by atoms with Crippen LogP contribution in [0, 0.1) is 0 Å². The first-order chi connectivity index (χ1) is 3.79. The Hall–Kier alpha value is -0.180. The number of rotatable bonds is 0. The Labute approximate surface area is 56.8 Å². The van der Waals surface area contributed by atoms with Crippen molar-refractivity contribution in [2.24, 2.45) is 10.2 Å². The Balaban J connectivity index is 2.65. The molecule has 44 valence electrons. The maximum Gasteiger partial charge on any atom is 0.106 e. The molecule has 1 aliphatic rings. The quantitative estimate of drug-likeness (QED) is 0.537. The first-order valence-corrected chi connectivity index (χ1v) is 3.34. The average molecular weight is 175 g/mol. The first-order valence-electron chi connectivity index (χ1n) is 2.54. The third-order valence-corrected chi connectivity index (χ3v) is 1.58. The SMILES string of the molecule is CC1=NN=C(Br)CC1. The van der Waals surface area contributed by atoms with Crippen LogP contribution in [0.1, 0.15) is 19.8 Å². The first kappa shape index (κ1) is 5.95. The summed E-state index contributed by atoms with van der Waals surface area (Å²) in [4.78, 5) is 0. The van der Waals surface area contributed by atoms with Gasteiger partial charge in [0.05, 0.1) is 0 Å². The van der Waals surface area contributed by atoms with Crippen molar-refractivity contribution in [1.29, 1.82) is 0 Å². The van der Waals surface area contributed by atoms with Crippen LogP contribution < -0.4 is 0 Å². The van der Waals surface area contributed by atoms with Crippen LogP contribution in [0.5, 0.6) is 0 Å². The highest BCUT2D eigenvalue weighted by Gasteiger charge is 2.00. The summed E-state index contributed by atoms with van der Waals surface area (Å²) in [6, 6.07) is 0. The van der Waals surface area contributed by atoms with Crippen LogP contribution in [0.2, 0.25) is 0 Å². The van der Waals surface area contributed by atoms with Crippen LogP contribution in [0.4, 0.5) is 0 Å². The molecule has 3 heteroatoms. The van der Waals surface area contributed by atoms with Gasteiger partial charge < -0.3 is 0 Å². The van der Waals surface area contributed by atoms with E-state index in [2.05, 4.69) is 26.1 Å². The number of hydrogen-bond acceptors (Lipinski definition) is 2. The highest BCUT2D eigenvalue weighted by Crippen LogP contribution is 2.07. The second kappa shape index (κ2) is 2.40. The lowest BCUT2D eigenvalue weighted by molar-refractivity contribution is 1.05. The molecule has 0 amide bonds. The van der Waals surface area contributed by atoms with E-state index in [-0.39, 0.29) is 0 Å². The molecule has 0 N–H and O–H groups in total. The van der Waals surface area contributed by atoms with E-state index in [4.69, 9.17) is 0 Å². The predicted molar refractivity (Wildman–Crippen MR) is 38.7 cm³/mol. The van der Waals surface area contributed by atoms with Crippen molar-refractivity contribution in [1.82, 2.24) is 0 Å². The predicted octanol–water partition coefficient (Wildman–Crippen LogP) is 1.95. The van der Waals surface area contributed by atoms with E-state index in [1.54, 1.807) is 0 Å². The smallest absolute Gasteiger partial charge is 0.106 e. The van der Waals surface area contributed by atoms with Crippen molar-refractivity contribution >= 4 is 26.3 Å². The van der Waals surface area contributed by atoms with Crippen molar-refractivity contribution in [3.05, 3.63) is 0 Å². The van der Waals surface area contributed by atoms with E-state index in [1.807, 2.05) is 6.92 Å². The molecule has 2 nitrogen and oxygen atoms in total. The maximum absolute atomic E-state index is 3.87. The Kier molecular flexibility index (Phi) is 1.78. The van der Waals surface area contributed by atoms with Crippen molar-refractivity contribution in [3.8, 4) is 0 Å². The molecule has 0 unspecified atom stereocenters. The summed E-state index contributed by atoms with van der Waals surface area (Å²) in [5, 5.41) is 7.70. The molecule has 0 aliphatic carbocycles. The summed E-state index contributed by atoms with van der Waals surface area (Å²) in [5.74, 6) is 0. The molecule has 0 saturated heterocycles. The zero-order valence-electron chi connectivity index (χ0n) is 4.69. The lowest BCUT2D eigenvalue weighted by Crippen LogP contribution is -1.99. The number of halogens is 1. The molecule has 0 aromatic rings. The van der Waals surface area contributed by atoms with Crippen LogP contribution in [0.25, 0.3) is 0 Å². The van der Waals surface area contributed by atoms with Crippen LogP contribution >= 0.6 is 15.9 Å². The molecule has 0 radical (unpaired) electrons. The fraction of sp³-hybridized carbons (Fsp3) is 0.600. The highest BCUT2D eigenvalue weighted by molar-refractivity contribution is 9.18. The van der Waals surface area contributed by atoms with Crippen LogP contribution in [-0.2, 0) is 0 Å². The van der Waals surface area contributed by atoms with Gasteiger partial charge in [0, 0.05) is 12.1 Å². The average Bonchev–Trinajstić information content (AvgIpc) is 1.77. The molecular formula is C5H7BrN2. The fourth-order valence-electron chi connectivity index (χ4n) is 0.524. The minimum Gasteiger partial charge on any atom is -0.160 e. The van der Waals surface area contributed by atoms with Gasteiger partial charge in [0.1, 0.15) is 4.62 Å². The van der Waals surface area contributed by atoms with Gasteiger partial charge in [-0.15, -0.1) is 5.10 Å². The summed E-state index contributed by atoms with van der Waals surface area (Å²) in [6.07, 6.45) is 2.05. The molecule has 0 fully saturated rings. The summed E-state index contributed by atoms with van der Waals surface area (Å²) in [7, 11) is 0. The van der Waals surface area contributed by atoms with Crippen LogP contribution in [0.3, 0.4) is 0 Å². The second-order valence-corrected chi connectivity index (χ2v) is 2.73. The van der Waals surface area contributed by atoms with Gasteiger partial charge in [-0.25, -0.2) is 0 Å². The number of nitrogens with zero attached hydrogens (tertiary/aromatic N) is 2. The summed E-state index contributed by atoms with van der Waals surface area (Å²) in [6.45, 7) is 1.99. The van der Waals surface area contributed by atoms with E-state index in [9.17, 15) is 0 Å². The third-order valence-electron chi connectivity index (χ3n) is 1.02. The fourth-order valence-corrected chi connectivity index (χ4v) is 0.801. The molecule has 1 rings (SSSR count). The van der Waals surface area contributed by atoms with E-state index in [0.29, 0.717) is 0 Å². The molecule has 0 saturated carbocycles. The van der Waals surface area contributed by atoms with Gasteiger partial charge in [0.2, 0.25) is 0 Å². The zero-order chi connectivity index (χ0) is 5.98. The highest BCUT2D eigenvalue weighted by atomic mass is 79.9. The third kappa shape index (κ3) is 1.40. The van der Waals surface area contributed by atoms with Gasteiger partial charge >= 0.3 is 0 Å². The number of hydrogen-bond donors (Lipinski definition) is 0. The lowest BCUT2D eigenvalue weighted by atomic mass is 10.2. The lowest BCUT2D eigenvalue weighted by Gasteiger charge is -2.01. The van der Waals surface area contributed by atoms with Gasteiger partial charge in [0.15, 0.2) is 0 Å². The van der Waals surface area contributed by atoms with Gasteiger partial charge in [0.25, 0.3) is 0 Å². The monoisotopic (exact) mass is 174 g/mol. The van der Waals surface area contributed by atoms with E-state index >= 15 is 0 Å². The second-order valence-electron chi connectivity index (χ2n) is 1.81. The van der Waals surface area contributed by atoms with Crippen LogP contribution in [-0.4, -0.2) is 10.3 Å². The maximum atomic E-state index is 3.87. The zero-order valence-corrected chi connectivity index (χ0v) is 6.27. The molecule has 1 aliphatic heterocycles. The van der Waals surface area contributed by atoms with Gasteiger partial charge in [-0.2, -0.15) is 5.10 Å². The van der Waals surface area contributed by atoms with Gasteiger partial charge in [-0.1, -0.05) is 0 Å². The Bertz CT molecular complexity index is 131. The van der Waals surface area contributed by atoms with Crippen molar-refractivity contribution in [3.63, 3.8) is 0 Å². The molecule has 0 aromatic heterocycles. The Morgan fingerprint density at radius 2 is 2.12 bits per heavy atom. The van der Waals surface area contributed by atoms with Crippen molar-refractivity contribution in [2.75, 3.05) is 0 Å². The normalized spacial score (nSPS) is 19.8. The molecule has 0 bridgehead atoms. The molecular weight excluding hydrogens is 168 g/mol. The summed E-state index contributed by atoms with van der Waals surface area (Å²) < 4.78 is 0.961. The Morgan fingerprint density at radius 3 is 2.50 bits per heavy atom. The van der Waals surface area contributed by atoms with Gasteiger partial charge in [-0.05, 0) is 29.3 Å². The molecule has 0 aromatic carbocycles. The summed E-state index contributed by atoms with van der Waals surface area (Å²) in [5.41, 5.74) is 1.12. The van der Waals surface area contributed by atoms with Gasteiger partial charge in [-0.3, -0.25) is 0 Å². The van der Waals surface area contributed by atoms with Crippen molar-refractivity contribution < 1.29 is 0 Å². The topological polar surface area (TPSA) is 24.7 Å².